The van der Waals surface area contributed by atoms with E-state index in [1.54, 1.807) is 7.11 Å². The summed E-state index contributed by atoms with van der Waals surface area (Å²) in [5.41, 5.74) is 1.86. The third-order valence-corrected chi connectivity index (χ3v) is 4.97. The van der Waals surface area contributed by atoms with Gasteiger partial charge in [-0.2, -0.15) is 0 Å². The number of ether oxygens (including phenoxy) is 2. The Kier molecular flexibility index (Phi) is 11.7. The average molecular weight is 549 g/mol. The molecule has 1 aliphatic carbocycles. The fourth-order valence-corrected chi connectivity index (χ4v) is 3.63. The van der Waals surface area contributed by atoms with Gasteiger partial charge in [0.05, 0.1) is 19.4 Å². The van der Waals surface area contributed by atoms with Gasteiger partial charge in [-0.1, -0.05) is 31.4 Å². The van der Waals surface area contributed by atoms with E-state index in [1.807, 2.05) is 19.1 Å². The Labute approximate surface area is 177 Å². The van der Waals surface area contributed by atoms with E-state index in [1.165, 1.54) is 12.0 Å². The topological polar surface area (TPSA) is 85.1 Å². The van der Waals surface area contributed by atoms with Crippen molar-refractivity contribution in [1.82, 2.24) is 5.32 Å². The minimum Gasteiger partial charge on any atom is -0.632 e. The second-order valence-corrected chi connectivity index (χ2v) is 6.87. The molecule has 7 heteroatoms. The fraction of sp³-hybridized carbons (Fsp3) is 0.700. The number of methoxy groups -OCH3 is 1. The van der Waals surface area contributed by atoms with Crippen LogP contribution in [0.2, 0.25) is 0 Å². The summed E-state index contributed by atoms with van der Waals surface area (Å²) < 4.78 is 11.0. The molecule has 0 bridgehead atoms. The largest absolute Gasteiger partial charge is 0.632 e. The van der Waals surface area contributed by atoms with E-state index in [9.17, 15) is 5.11 Å². The number of rotatable bonds is 6. The number of nitrogens with one attached hydrogen (secondary N) is 1. The maximum Gasteiger partial charge on any atom is 0.123 e. The fourth-order valence-electron chi connectivity index (χ4n) is 3.63. The molecule has 27 heavy (non-hydrogen) atoms. The Balaban J connectivity index is 0.000000273. The van der Waals surface area contributed by atoms with Gasteiger partial charge in [0.15, 0.2) is 0 Å². The van der Waals surface area contributed by atoms with Crippen molar-refractivity contribution in [2.45, 2.75) is 57.3 Å². The molecule has 1 aromatic carbocycles. The van der Waals surface area contributed by atoms with Crippen molar-refractivity contribution in [2.75, 3.05) is 33.5 Å². The van der Waals surface area contributed by atoms with E-state index in [0.29, 0.717) is 13.2 Å². The molecule has 0 spiro atoms. The van der Waals surface area contributed by atoms with Crippen LogP contribution in [0.25, 0.3) is 5.32 Å². The molecule has 1 heterocycles. The van der Waals surface area contributed by atoms with Crippen molar-refractivity contribution in [1.29, 1.82) is 0 Å². The smallest absolute Gasteiger partial charge is 0.123 e. The van der Waals surface area contributed by atoms with Crippen LogP contribution in [0.4, 0.5) is 0 Å². The van der Waals surface area contributed by atoms with Gasteiger partial charge in [-0.15, -0.1) is 6.54 Å². The molecule has 154 valence electrons. The molecule has 1 unspecified atom stereocenters. The summed E-state index contributed by atoms with van der Waals surface area (Å²) in [6.07, 6.45) is 6.06. The third-order valence-electron chi connectivity index (χ3n) is 4.97. The monoisotopic (exact) mass is 549 g/mol. The minimum absolute atomic E-state index is 0. The van der Waals surface area contributed by atoms with Gasteiger partial charge in [0.1, 0.15) is 5.75 Å². The average Bonchev–Trinajstić information content (AvgIpc) is 2.67. The molecular weight excluding hydrogens is 516 g/mol. The van der Waals surface area contributed by atoms with E-state index < -0.39 is 5.60 Å². The van der Waals surface area contributed by atoms with Gasteiger partial charge < -0.3 is 25.0 Å². The molecule has 1 fully saturated rings. The molecule has 0 amide bonds. The van der Waals surface area contributed by atoms with Crippen LogP contribution in [-0.4, -0.2) is 49.4 Å². The first-order valence-corrected chi connectivity index (χ1v) is 9.61. The molecule has 1 atom stereocenters. The maximum atomic E-state index is 9.83. The molecule has 0 radical (unpaired) electrons. The zero-order valence-corrected chi connectivity index (χ0v) is 19.4. The Morgan fingerprint density at radius 2 is 2.00 bits per heavy atom. The predicted octanol–water partition coefficient (Wildman–Crippen LogP) is 2.88. The van der Waals surface area contributed by atoms with Gasteiger partial charge in [-0.3, -0.25) is 5.32 Å². The number of aliphatic hydroxyl groups excluding tert-OH is 1. The minimum atomic E-state index is -0.541. The first-order chi connectivity index (χ1) is 12.6. The normalized spacial score (nSPS) is 20.5. The van der Waals surface area contributed by atoms with Gasteiger partial charge >= 0.3 is 0 Å². The zero-order chi connectivity index (χ0) is 18.8. The van der Waals surface area contributed by atoms with E-state index in [-0.39, 0.29) is 34.0 Å². The number of aliphatic hydroxyl groups is 2. The van der Waals surface area contributed by atoms with Crippen LogP contribution in [0.15, 0.2) is 18.2 Å². The van der Waals surface area contributed by atoms with Crippen LogP contribution in [0.1, 0.15) is 56.4 Å². The molecule has 1 aliphatic heterocycles. The molecule has 3 rings (SSSR count). The van der Waals surface area contributed by atoms with Crippen molar-refractivity contribution in [2.24, 2.45) is 0 Å². The van der Waals surface area contributed by atoms with Gasteiger partial charge in [0, 0.05) is 39.8 Å². The SMILES string of the molecule is CCOC1[N-]CCc2cccc(OC)c21.OCNCC1(O)CCCCC1.[W]. The van der Waals surface area contributed by atoms with Gasteiger partial charge in [-0.05, 0) is 44.0 Å². The van der Waals surface area contributed by atoms with Crippen molar-refractivity contribution >= 4 is 0 Å². The van der Waals surface area contributed by atoms with Crippen molar-refractivity contribution in [3.05, 3.63) is 34.6 Å². The van der Waals surface area contributed by atoms with Crippen LogP contribution in [-0.2, 0) is 32.2 Å². The molecule has 2 aliphatic rings. The third kappa shape index (κ3) is 7.45. The molecule has 0 aromatic heterocycles. The Hall–Kier alpha value is -0.492. The molecule has 0 saturated heterocycles. The van der Waals surface area contributed by atoms with Gasteiger partial charge in [0.2, 0.25) is 0 Å². The summed E-state index contributed by atoms with van der Waals surface area (Å²) in [6.45, 7) is 3.99. The number of nitrogens with zero attached hydrogens (tertiary/aromatic N) is 1. The van der Waals surface area contributed by atoms with Gasteiger partial charge in [-0.25, -0.2) is 0 Å². The van der Waals surface area contributed by atoms with E-state index in [2.05, 4.69) is 16.7 Å². The first kappa shape index (κ1) is 24.5. The van der Waals surface area contributed by atoms with Crippen LogP contribution in [0.5, 0.6) is 5.75 Å². The summed E-state index contributed by atoms with van der Waals surface area (Å²) in [7, 11) is 1.69. The number of benzene rings is 1. The van der Waals surface area contributed by atoms with E-state index >= 15 is 0 Å². The number of hydrogen-bond acceptors (Lipinski definition) is 5. The van der Waals surface area contributed by atoms with Crippen LogP contribution in [0.3, 0.4) is 0 Å². The summed E-state index contributed by atoms with van der Waals surface area (Å²) in [5, 5.41) is 25.5. The van der Waals surface area contributed by atoms with Crippen molar-refractivity contribution in [3.8, 4) is 5.75 Å². The molecule has 6 nitrogen and oxygen atoms in total. The molecule has 3 N–H and O–H groups in total. The van der Waals surface area contributed by atoms with Crippen LogP contribution in [0, 0.1) is 0 Å². The Morgan fingerprint density at radius 1 is 1.26 bits per heavy atom. The Bertz CT molecular complexity index is 524. The summed E-state index contributed by atoms with van der Waals surface area (Å²) in [5.74, 6) is 0.884. The quantitative estimate of drug-likeness (QED) is 0.476. The van der Waals surface area contributed by atoms with E-state index in [0.717, 1.165) is 50.0 Å². The molecule has 1 aromatic rings. The molecule has 1 saturated carbocycles. The van der Waals surface area contributed by atoms with E-state index in [4.69, 9.17) is 14.6 Å². The van der Waals surface area contributed by atoms with Gasteiger partial charge in [0.25, 0.3) is 0 Å². The summed E-state index contributed by atoms with van der Waals surface area (Å²) in [6, 6.07) is 6.11. The summed E-state index contributed by atoms with van der Waals surface area (Å²) in [4.78, 5) is 0. The molecular formula is C20H33N2O4W-. The number of hydrogen-bond donors (Lipinski definition) is 3. The Morgan fingerprint density at radius 3 is 2.63 bits per heavy atom. The van der Waals surface area contributed by atoms with Crippen LogP contribution >= 0.6 is 0 Å². The standard InChI is InChI=1S/C12H16NO2.C8H17NO2.W/c1-3-15-12-11-9(7-8-13-12)5-4-6-10(11)14-2;10-7-9-6-8(11)4-2-1-3-5-8;/h4-6,12H,3,7-8H2,1-2H3;9-11H,1-7H2;/q-1;;. The number of fused-ring (bicyclic) bond motifs is 1. The van der Waals surface area contributed by atoms with Crippen LogP contribution < -0.4 is 10.1 Å². The first-order valence-electron chi connectivity index (χ1n) is 9.61. The predicted molar refractivity (Wildman–Crippen MR) is 102 cm³/mol. The van der Waals surface area contributed by atoms with Crippen molar-refractivity contribution < 1.29 is 40.8 Å². The maximum absolute atomic E-state index is 9.83. The zero-order valence-electron chi connectivity index (χ0n) is 16.4. The van der Waals surface area contributed by atoms with Crippen molar-refractivity contribution in [3.63, 3.8) is 0 Å². The summed E-state index contributed by atoms with van der Waals surface area (Å²) >= 11 is 0. The second-order valence-electron chi connectivity index (χ2n) is 6.87. The second kappa shape index (κ2) is 12.9.